The monoisotopic (exact) mass is 475 g/mol. The third-order valence-electron chi connectivity index (χ3n) is 3.73. The van der Waals surface area contributed by atoms with Gasteiger partial charge >= 0.3 is 6.18 Å². The molecular formula is C19H18Br2F3N. The molecule has 2 rings (SSSR count). The van der Waals surface area contributed by atoms with Gasteiger partial charge < -0.3 is 5.32 Å². The van der Waals surface area contributed by atoms with Gasteiger partial charge in [0.2, 0.25) is 0 Å². The average molecular weight is 477 g/mol. The fourth-order valence-corrected chi connectivity index (χ4v) is 2.75. The first kappa shape index (κ1) is 20.0. The highest BCUT2D eigenvalue weighted by Gasteiger charge is 2.33. The molecule has 0 radical (unpaired) electrons. The molecule has 0 aromatic heterocycles. The maximum atomic E-state index is 13.4. The first-order valence-corrected chi connectivity index (χ1v) is 9.33. The molecule has 0 spiro atoms. The number of halogens is 5. The molecule has 0 atom stereocenters. The molecule has 0 heterocycles. The molecule has 0 amide bonds. The molecule has 0 aliphatic heterocycles. The fraction of sp³-hybridized carbons (Fsp3) is 0.263. The van der Waals surface area contributed by atoms with E-state index in [4.69, 9.17) is 0 Å². The van der Waals surface area contributed by atoms with Crippen LogP contribution in [0.1, 0.15) is 36.5 Å². The Kier molecular flexibility index (Phi) is 6.74. The van der Waals surface area contributed by atoms with E-state index in [-0.39, 0.29) is 12.0 Å². The molecule has 0 saturated heterocycles. The van der Waals surface area contributed by atoms with Gasteiger partial charge in [0.15, 0.2) is 0 Å². The zero-order chi connectivity index (χ0) is 18.6. The number of benzene rings is 2. The molecule has 0 saturated carbocycles. The quantitative estimate of drug-likeness (QED) is 0.465. The van der Waals surface area contributed by atoms with Crippen LogP contribution in [0, 0.1) is 0 Å². The topological polar surface area (TPSA) is 12.0 Å². The molecule has 0 aliphatic rings. The molecule has 0 aliphatic carbocycles. The lowest BCUT2D eigenvalue weighted by molar-refractivity contribution is -0.138. The summed E-state index contributed by atoms with van der Waals surface area (Å²) >= 11 is 6.34. The minimum atomic E-state index is -4.40. The van der Waals surface area contributed by atoms with Gasteiger partial charge in [0.05, 0.1) is 8.96 Å². The fourth-order valence-electron chi connectivity index (χ4n) is 2.43. The van der Waals surface area contributed by atoms with Crippen LogP contribution in [0.25, 0.3) is 0 Å². The molecule has 0 bridgehead atoms. The summed E-state index contributed by atoms with van der Waals surface area (Å²) in [6.45, 7) is 4.15. The third-order valence-corrected chi connectivity index (χ3v) is 4.38. The van der Waals surface area contributed by atoms with Gasteiger partial charge in [0.1, 0.15) is 0 Å². The van der Waals surface area contributed by atoms with E-state index in [0.29, 0.717) is 15.0 Å². The van der Waals surface area contributed by atoms with E-state index in [9.17, 15) is 13.2 Å². The predicted molar refractivity (Wildman–Crippen MR) is 105 cm³/mol. The molecule has 2 aromatic rings. The molecule has 25 heavy (non-hydrogen) atoms. The zero-order valence-electron chi connectivity index (χ0n) is 13.8. The zero-order valence-corrected chi connectivity index (χ0v) is 17.0. The third kappa shape index (κ3) is 5.89. The van der Waals surface area contributed by atoms with Crippen molar-refractivity contribution in [3.05, 3.63) is 68.6 Å². The van der Waals surface area contributed by atoms with Crippen molar-refractivity contribution in [3.8, 4) is 0 Å². The lowest BCUT2D eigenvalue weighted by Crippen LogP contribution is -2.09. The Morgan fingerprint density at radius 3 is 2.36 bits per heavy atom. The number of nitrogens with one attached hydrogen (secondary N) is 1. The summed E-state index contributed by atoms with van der Waals surface area (Å²) in [6, 6.07) is 12.0. The maximum absolute atomic E-state index is 13.4. The van der Waals surface area contributed by atoms with Crippen molar-refractivity contribution in [1.82, 2.24) is 0 Å². The molecule has 1 N–H and O–H groups in total. The molecule has 2 aromatic carbocycles. The van der Waals surface area contributed by atoms with Crippen LogP contribution in [0.3, 0.4) is 0 Å². The molecule has 134 valence electrons. The van der Waals surface area contributed by atoms with Crippen molar-refractivity contribution in [2.24, 2.45) is 0 Å². The van der Waals surface area contributed by atoms with Gasteiger partial charge in [-0.25, -0.2) is 0 Å². The second-order valence-electron chi connectivity index (χ2n) is 5.97. The van der Waals surface area contributed by atoms with Crippen LogP contribution in [-0.2, 0) is 12.6 Å². The van der Waals surface area contributed by atoms with E-state index in [1.165, 1.54) is 6.07 Å². The van der Waals surface area contributed by atoms with E-state index in [1.54, 1.807) is 12.1 Å². The number of allylic oxidation sites excluding steroid dienone is 1. The Hall–Kier alpha value is -1.27. The van der Waals surface area contributed by atoms with Gasteiger partial charge in [-0.15, -0.1) is 0 Å². The maximum Gasteiger partial charge on any atom is 0.416 e. The van der Waals surface area contributed by atoms with Crippen molar-refractivity contribution in [2.45, 2.75) is 32.4 Å². The van der Waals surface area contributed by atoms with Gasteiger partial charge in [-0.05, 0) is 79.6 Å². The van der Waals surface area contributed by atoms with Gasteiger partial charge in [-0.2, -0.15) is 13.2 Å². The van der Waals surface area contributed by atoms with Gasteiger partial charge in [0, 0.05) is 11.4 Å². The molecule has 0 unspecified atom stereocenters. The summed E-state index contributed by atoms with van der Waals surface area (Å²) in [6.07, 6.45) is -2.58. The Morgan fingerprint density at radius 1 is 1.08 bits per heavy atom. The Bertz CT molecular complexity index is 764. The van der Waals surface area contributed by atoms with Crippen molar-refractivity contribution >= 4 is 43.2 Å². The SMILES string of the molecule is CC(C)c1cccc(Nc2ccc(CC=C(Br)Br)c(C(F)(F)F)c2)c1. The highest BCUT2D eigenvalue weighted by molar-refractivity contribution is 9.28. The van der Waals surface area contributed by atoms with Crippen molar-refractivity contribution in [3.63, 3.8) is 0 Å². The van der Waals surface area contributed by atoms with Crippen LogP contribution in [0.4, 0.5) is 24.5 Å². The first-order chi connectivity index (χ1) is 11.7. The average Bonchev–Trinajstić information content (AvgIpc) is 2.53. The minimum absolute atomic E-state index is 0.184. The predicted octanol–water partition coefficient (Wildman–Crippen LogP) is 7.75. The van der Waals surface area contributed by atoms with Crippen molar-refractivity contribution in [1.29, 1.82) is 0 Å². The second-order valence-corrected chi connectivity index (χ2v) is 8.75. The summed E-state index contributed by atoms with van der Waals surface area (Å²) in [7, 11) is 0. The summed E-state index contributed by atoms with van der Waals surface area (Å²) in [5.41, 5.74) is 1.92. The number of hydrogen-bond acceptors (Lipinski definition) is 1. The van der Waals surface area contributed by atoms with Crippen LogP contribution >= 0.6 is 31.9 Å². The van der Waals surface area contributed by atoms with Crippen LogP contribution in [-0.4, -0.2) is 0 Å². The standard InChI is InChI=1S/C19H18Br2F3N/c1-12(2)14-4-3-5-15(10-14)25-16-8-6-13(7-9-18(20)21)17(11-16)19(22,23)24/h3-6,8-12,25H,7H2,1-2H3. The number of alkyl halides is 3. The molecule has 0 fully saturated rings. The molecule has 6 heteroatoms. The second kappa shape index (κ2) is 8.41. The molecule has 1 nitrogen and oxygen atoms in total. The van der Waals surface area contributed by atoms with E-state index >= 15 is 0 Å². The summed E-state index contributed by atoms with van der Waals surface area (Å²) in [5, 5.41) is 3.07. The van der Waals surface area contributed by atoms with Crippen LogP contribution in [0.15, 0.2) is 51.9 Å². The van der Waals surface area contributed by atoms with E-state index in [2.05, 4.69) is 51.0 Å². The largest absolute Gasteiger partial charge is 0.416 e. The first-order valence-electron chi connectivity index (χ1n) is 7.75. The molecular weight excluding hydrogens is 459 g/mol. The lowest BCUT2D eigenvalue weighted by Gasteiger charge is -2.15. The van der Waals surface area contributed by atoms with E-state index in [0.717, 1.165) is 17.3 Å². The van der Waals surface area contributed by atoms with Gasteiger partial charge in [-0.1, -0.05) is 38.1 Å². The summed E-state index contributed by atoms with van der Waals surface area (Å²) in [4.78, 5) is 0. The van der Waals surface area contributed by atoms with Crippen molar-refractivity contribution in [2.75, 3.05) is 5.32 Å². The lowest BCUT2D eigenvalue weighted by atomic mass is 10.0. The normalized spacial score (nSPS) is 11.5. The van der Waals surface area contributed by atoms with Crippen molar-refractivity contribution < 1.29 is 13.2 Å². The van der Waals surface area contributed by atoms with E-state index < -0.39 is 11.7 Å². The summed E-state index contributed by atoms with van der Waals surface area (Å²) in [5.74, 6) is 0.351. The highest BCUT2D eigenvalue weighted by Crippen LogP contribution is 2.35. The number of anilines is 2. The Balaban J connectivity index is 2.33. The van der Waals surface area contributed by atoms with Crippen LogP contribution in [0.5, 0.6) is 0 Å². The Morgan fingerprint density at radius 2 is 1.76 bits per heavy atom. The van der Waals surface area contributed by atoms with Gasteiger partial charge in [0.25, 0.3) is 0 Å². The number of hydrogen-bond donors (Lipinski definition) is 1. The minimum Gasteiger partial charge on any atom is -0.356 e. The van der Waals surface area contributed by atoms with Gasteiger partial charge in [-0.3, -0.25) is 0 Å². The van der Waals surface area contributed by atoms with E-state index in [1.807, 2.05) is 24.3 Å². The number of rotatable bonds is 5. The van der Waals surface area contributed by atoms with Crippen LogP contribution in [0.2, 0.25) is 0 Å². The highest BCUT2D eigenvalue weighted by atomic mass is 79.9. The smallest absolute Gasteiger partial charge is 0.356 e. The van der Waals surface area contributed by atoms with Crippen LogP contribution < -0.4 is 5.32 Å². The Labute approximate surface area is 162 Å². The summed E-state index contributed by atoms with van der Waals surface area (Å²) < 4.78 is 40.8.